The Balaban J connectivity index is 2.03. The molecule has 0 radical (unpaired) electrons. The Bertz CT molecular complexity index is 568. The number of likely N-dealkylation sites (tertiary alicyclic amines) is 1. The van der Waals surface area contributed by atoms with Crippen LogP contribution >= 0.6 is 0 Å². The van der Waals surface area contributed by atoms with Crippen molar-refractivity contribution in [3.8, 4) is 11.8 Å². The van der Waals surface area contributed by atoms with E-state index in [1.807, 2.05) is 18.2 Å². The van der Waals surface area contributed by atoms with Gasteiger partial charge in [0.15, 0.2) is 0 Å². The Morgan fingerprint density at radius 1 is 1.36 bits per heavy atom. The maximum absolute atomic E-state index is 11.1. The maximum Gasteiger partial charge on any atom is 0.123 e. The van der Waals surface area contributed by atoms with Crippen molar-refractivity contribution in [2.45, 2.75) is 43.7 Å². The monoisotopic (exact) mass is 300 g/mol. The van der Waals surface area contributed by atoms with Crippen LogP contribution in [0.25, 0.3) is 0 Å². The summed E-state index contributed by atoms with van der Waals surface area (Å²) in [5.41, 5.74) is 0.515. The molecule has 2 fully saturated rings. The van der Waals surface area contributed by atoms with Gasteiger partial charge in [0.05, 0.1) is 25.3 Å². The van der Waals surface area contributed by atoms with Crippen molar-refractivity contribution in [1.82, 2.24) is 4.90 Å². The van der Waals surface area contributed by atoms with Crippen molar-refractivity contribution in [2.24, 2.45) is 5.92 Å². The fourth-order valence-corrected chi connectivity index (χ4v) is 4.33. The van der Waals surface area contributed by atoms with E-state index in [4.69, 9.17) is 4.74 Å². The highest BCUT2D eigenvalue weighted by Gasteiger charge is 2.49. The summed E-state index contributed by atoms with van der Waals surface area (Å²) in [7, 11) is 1.68. The minimum Gasteiger partial charge on any atom is -0.496 e. The van der Waals surface area contributed by atoms with Gasteiger partial charge in [0.1, 0.15) is 5.75 Å². The number of benzene rings is 1. The number of para-hydroxylation sites is 1. The number of fused-ring (bicyclic) bond motifs is 1. The van der Waals surface area contributed by atoms with Gasteiger partial charge in [-0.25, -0.2) is 0 Å². The Morgan fingerprint density at radius 2 is 2.18 bits per heavy atom. The van der Waals surface area contributed by atoms with Crippen molar-refractivity contribution in [3.05, 3.63) is 29.8 Å². The van der Waals surface area contributed by atoms with Crippen LogP contribution in [0.3, 0.4) is 0 Å². The standard InChI is InChI=1S/C18H24N2O2/c1-22-16-8-3-2-6-14(16)17-15-7-4-5-9-18(15,21)10-12-20(17)13-11-19/h2-3,6,8,15,17,21H,4-5,7,9-10,12-13H2,1H3/t15-,17-,18-/m1/s1. The molecular formula is C18H24N2O2. The van der Waals surface area contributed by atoms with Gasteiger partial charge in [-0.05, 0) is 25.3 Å². The predicted molar refractivity (Wildman–Crippen MR) is 84.4 cm³/mol. The Hall–Kier alpha value is -1.57. The highest BCUT2D eigenvalue weighted by atomic mass is 16.5. The number of methoxy groups -OCH3 is 1. The van der Waals surface area contributed by atoms with E-state index >= 15 is 0 Å². The molecule has 1 aromatic carbocycles. The summed E-state index contributed by atoms with van der Waals surface area (Å²) >= 11 is 0. The minimum atomic E-state index is -0.588. The highest BCUT2D eigenvalue weighted by molar-refractivity contribution is 5.37. The Labute approximate surface area is 132 Å². The van der Waals surface area contributed by atoms with Gasteiger partial charge in [0.2, 0.25) is 0 Å². The lowest BCUT2D eigenvalue weighted by Gasteiger charge is -2.52. The van der Waals surface area contributed by atoms with Crippen LogP contribution in [-0.4, -0.2) is 35.8 Å². The van der Waals surface area contributed by atoms with Crippen LogP contribution in [0.5, 0.6) is 5.75 Å². The first kappa shape index (κ1) is 15.3. The molecule has 22 heavy (non-hydrogen) atoms. The largest absolute Gasteiger partial charge is 0.496 e. The average molecular weight is 300 g/mol. The molecule has 118 valence electrons. The van der Waals surface area contributed by atoms with E-state index in [0.717, 1.165) is 50.0 Å². The zero-order chi connectivity index (χ0) is 15.6. The van der Waals surface area contributed by atoms with Crippen LogP contribution in [0.4, 0.5) is 0 Å². The number of nitrogens with zero attached hydrogens (tertiary/aromatic N) is 2. The second-order valence-corrected chi connectivity index (χ2v) is 6.52. The molecule has 0 unspecified atom stereocenters. The highest BCUT2D eigenvalue weighted by Crippen LogP contribution is 2.50. The van der Waals surface area contributed by atoms with E-state index in [9.17, 15) is 10.4 Å². The number of ether oxygens (including phenoxy) is 1. The molecule has 0 spiro atoms. The summed E-state index contributed by atoms with van der Waals surface area (Å²) in [5.74, 6) is 1.03. The van der Waals surface area contributed by atoms with Crippen molar-refractivity contribution >= 4 is 0 Å². The lowest BCUT2D eigenvalue weighted by atomic mass is 9.66. The predicted octanol–water partition coefficient (Wildman–Crippen LogP) is 2.89. The summed E-state index contributed by atoms with van der Waals surface area (Å²) in [6, 6.07) is 10.4. The summed E-state index contributed by atoms with van der Waals surface area (Å²) in [6.45, 7) is 1.17. The van der Waals surface area contributed by atoms with E-state index in [1.165, 1.54) is 0 Å². The molecule has 2 aliphatic rings. The van der Waals surface area contributed by atoms with Crippen LogP contribution in [0.1, 0.15) is 43.7 Å². The topological polar surface area (TPSA) is 56.5 Å². The summed E-state index contributed by atoms with van der Waals surface area (Å²) in [6.07, 6.45) is 4.92. The summed E-state index contributed by atoms with van der Waals surface area (Å²) in [5, 5.41) is 20.3. The SMILES string of the molecule is COc1ccccc1[C@@H]1[C@H]2CCCC[C@@]2(O)CCN1CC#N. The number of aliphatic hydroxyl groups is 1. The smallest absolute Gasteiger partial charge is 0.123 e. The Kier molecular flexibility index (Phi) is 4.37. The molecule has 1 heterocycles. The fraction of sp³-hybridized carbons (Fsp3) is 0.611. The summed E-state index contributed by atoms with van der Waals surface area (Å²) < 4.78 is 5.55. The average Bonchev–Trinajstić information content (AvgIpc) is 2.55. The molecule has 1 aliphatic carbocycles. The van der Waals surface area contributed by atoms with E-state index in [-0.39, 0.29) is 12.0 Å². The molecule has 1 saturated heterocycles. The maximum atomic E-state index is 11.1. The zero-order valence-electron chi connectivity index (χ0n) is 13.2. The van der Waals surface area contributed by atoms with E-state index in [1.54, 1.807) is 7.11 Å². The van der Waals surface area contributed by atoms with E-state index < -0.39 is 5.60 Å². The first-order valence-corrected chi connectivity index (χ1v) is 8.16. The second kappa shape index (κ2) is 6.28. The number of piperidine rings is 1. The molecule has 0 bridgehead atoms. The third-order valence-corrected chi connectivity index (χ3v) is 5.40. The number of rotatable bonds is 3. The molecule has 1 N–H and O–H groups in total. The number of hydrogen-bond donors (Lipinski definition) is 1. The van der Waals surface area contributed by atoms with Gasteiger partial charge in [-0.2, -0.15) is 5.26 Å². The van der Waals surface area contributed by atoms with Crippen LogP contribution in [0.15, 0.2) is 24.3 Å². The fourth-order valence-electron chi connectivity index (χ4n) is 4.33. The van der Waals surface area contributed by atoms with Crippen molar-refractivity contribution in [1.29, 1.82) is 5.26 Å². The molecule has 4 nitrogen and oxygen atoms in total. The van der Waals surface area contributed by atoms with Crippen molar-refractivity contribution < 1.29 is 9.84 Å². The van der Waals surface area contributed by atoms with Crippen molar-refractivity contribution in [2.75, 3.05) is 20.2 Å². The molecule has 1 saturated carbocycles. The van der Waals surface area contributed by atoms with Gasteiger partial charge in [0, 0.05) is 24.1 Å². The molecule has 4 heteroatoms. The molecule has 0 amide bonds. The molecule has 0 aromatic heterocycles. The van der Waals surface area contributed by atoms with Gasteiger partial charge >= 0.3 is 0 Å². The minimum absolute atomic E-state index is 0.0647. The van der Waals surface area contributed by atoms with Crippen molar-refractivity contribution in [3.63, 3.8) is 0 Å². The third kappa shape index (κ3) is 2.60. The third-order valence-electron chi connectivity index (χ3n) is 5.40. The number of hydrogen-bond acceptors (Lipinski definition) is 4. The Morgan fingerprint density at radius 3 is 2.95 bits per heavy atom. The lowest BCUT2D eigenvalue weighted by Crippen LogP contribution is -2.54. The molecule has 3 atom stereocenters. The van der Waals surface area contributed by atoms with Crippen LogP contribution in [0, 0.1) is 17.2 Å². The van der Waals surface area contributed by atoms with E-state index in [2.05, 4.69) is 17.0 Å². The van der Waals surface area contributed by atoms with Gasteiger partial charge in [-0.3, -0.25) is 4.90 Å². The quantitative estimate of drug-likeness (QED) is 0.872. The molecule has 1 aliphatic heterocycles. The van der Waals surface area contributed by atoms with Gasteiger partial charge in [-0.1, -0.05) is 31.0 Å². The van der Waals surface area contributed by atoms with Crippen LogP contribution in [-0.2, 0) is 0 Å². The van der Waals surface area contributed by atoms with E-state index in [0.29, 0.717) is 6.54 Å². The number of nitriles is 1. The zero-order valence-corrected chi connectivity index (χ0v) is 13.2. The van der Waals surface area contributed by atoms with Gasteiger partial charge < -0.3 is 9.84 Å². The van der Waals surface area contributed by atoms with Crippen LogP contribution < -0.4 is 4.74 Å². The lowest BCUT2D eigenvalue weighted by molar-refractivity contribution is -0.122. The molecule has 1 aromatic rings. The molecular weight excluding hydrogens is 276 g/mol. The first-order chi connectivity index (χ1) is 10.7. The normalized spacial score (nSPS) is 32.0. The van der Waals surface area contributed by atoms with Crippen LogP contribution in [0.2, 0.25) is 0 Å². The first-order valence-electron chi connectivity index (χ1n) is 8.16. The van der Waals surface area contributed by atoms with Gasteiger partial charge in [-0.15, -0.1) is 0 Å². The van der Waals surface area contributed by atoms with Gasteiger partial charge in [0.25, 0.3) is 0 Å². The molecule has 3 rings (SSSR count). The second-order valence-electron chi connectivity index (χ2n) is 6.52. The summed E-state index contributed by atoms with van der Waals surface area (Å²) in [4.78, 5) is 2.21.